The fourth-order valence-corrected chi connectivity index (χ4v) is 2.26. The summed E-state index contributed by atoms with van der Waals surface area (Å²) < 4.78 is 1.14. The number of nitrogens with one attached hydrogen (secondary N) is 1. The minimum Gasteiger partial charge on any atom is -0.273 e. The van der Waals surface area contributed by atoms with E-state index in [0.717, 1.165) is 14.7 Å². The molecule has 1 N–H and O–H groups in total. The Balaban J connectivity index is 1.87. The van der Waals surface area contributed by atoms with E-state index in [1.807, 2.05) is 55.5 Å². The summed E-state index contributed by atoms with van der Waals surface area (Å²) in [4.78, 5) is 11.7. The van der Waals surface area contributed by atoms with Crippen LogP contribution in [-0.2, 0) is 11.2 Å². The molecule has 0 spiro atoms. The van der Waals surface area contributed by atoms with E-state index in [-0.39, 0.29) is 5.91 Å². The number of hydrogen-bond acceptors (Lipinski definition) is 2. The molecule has 3 nitrogen and oxygen atoms in total. The van der Waals surface area contributed by atoms with Crippen molar-refractivity contribution in [1.82, 2.24) is 5.43 Å². The van der Waals surface area contributed by atoms with Crippen LogP contribution in [0.5, 0.6) is 0 Å². The number of hydrazone groups is 1. The van der Waals surface area contributed by atoms with Crippen LogP contribution in [0.3, 0.4) is 0 Å². The van der Waals surface area contributed by atoms with E-state index in [0.29, 0.717) is 6.42 Å². The second-order valence-corrected chi connectivity index (χ2v) is 5.76. The molecular formula is C16H15IN2O. The number of amides is 1. The van der Waals surface area contributed by atoms with E-state index >= 15 is 0 Å². The highest BCUT2D eigenvalue weighted by atomic mass is 127. The lowest BCUT2D eigenvalue weighted by Crippen LogP contribution is -2.19. The van der Waals surface area contributed by atoms with E-state index in [2.05, 4.69) is 33.1 Å². The van der Waals surface area contributed by atoms with Crippen LogP contribution >= 0.6 is 22.6 Å². The third kappa shape index (κ3) is 4.77. The zero-order valence-electron chi connectivity index (χ0n) is 11.1. The first-order valence-corrected chi connectivity index (χ1v) is 7.34. The average molecular weight is 378 g/mol. The van der Waals surface area contributed by atoms with E-state index in [9.17, 15) is 4.79 Å². The van der Waals surface area contributed by atoms with Crippen molar-refractivity contribution in [2.75, 3.05) is 0 Å². The fourth-order valence-electron chi connectivity index (χ4n) is 1.70. The van der Waals surface area contributed by atoms with Gasteiger partial charge in [-0.1, -0.05) is 42.0 Å². The minimum atomic E-state index is -0.115. The molecule has 2 rings (SSSR count). The molecule has 0 fully saturated rings. The van der Waals surface area contributed by atoms with Crippen molar-refractivity contribution in [3.63, 3.8) is 0 Å². The standard InChI is InChI=1S/C16H15IN2O/c1-12-5-7-13(8-6-12)10-16(20)19-18-11-14-3-2-4-15(17)9-14/h2-9,11H,10H2,1H3,(H,19,20)/b18-11+. The van der Waals surface area contributed by atoms with Gasteiger partial charge in [0.2, 0.25) is 5.91 Å². The van der Waals surface area contributed by atoms with Crippen LogP contribution < -0.4 is 5.43 Å². The number of benzene rings is 2. The topological polar surface area (TPSA) is 41.5 Å². The van der Waals surface area contributed by atoms with E-state index in [1.165, 1.54) is 5.56 Å². The predicted molar refractivity (Wildman–Crippen MR) is 89.8 cm³/mol. The summed E-state index contributed by atoms with van der Waals surface area (Å²) in [5, 5.41) is 3.97. The molecule has 0 aliphatic heterocycles. The molecule has 0 saturated carbocycles. The van der Waals surface area contributed by atoms with Gasteiger partial charge in [0.1, 0.15) is 0 Å². The molecule has 0 heterocycles. The number of hydrogen-bond donors (Lipinski definition) is 1. The fraction of sp³-hybridized carbons (Fsp3) is 0.125. The monoisotopic (exact) mass is 378 g/mol. The van der Waals surface area contributed by atoms with E-state index in [1.54, 1.807) is 6.21 Å². The Hall–Kier alpha value is -1.69. The van der Waals surface area contributed by atoms with Crippen LogP contribution in [0.1, 0.15) is 16.7 Å². The first-order chi connectivity index (χ1) is 9.63. The van der Waals surface area contributed by atoms with Crippen LogP contribution in [0.2, 0.25) is 0 Å². The van der Waals surface area contributed by atoms with Crippen LogP contribution in [-0.4, -0.2) is 12.1 Å². The van der Waals surface area contributed by atoms with Crippen molar-refractivity contribution in [2.24, 2.45) is 5.10 Å². The molecule has 0 radical (unpaired) electrons. The zero-order chi connectivity index (χ0) is 14.4. The van der Waals surface area contributed by atoms with Crippen molar-refractivity contribution in [1.29, 1.82) is 0 Å². The molecule has 0 unspecified atom stereocenters. The maximum absolute atomic E-state index is 11.7. The lowest BCUT2D eigenvalue weighted by molar-refractivity contribution is -0.120. The number of carbonyl (C=O) groups is 1. The lowest BCUT2D eigenvalue weighted by Gasteiger charge is -2.01. The molecule has 2 aromatic carbocycles. The molecule has 0 aliphatic carbocycles. The van der Waals surface area contributed by atoms with Crippen molar-refractivity contribution in [3.8, 4) is 0 Å². The molecule has 2 aromatic rings. The Morgan fingerprint density at radius 1 is 1.25 bits per heavy atom. The van der Waals surface area contributed by atoms with Crippen LogP contribution in [0.25, 0.3) is 0 Å². The van der Waals surface area contributed by atoms with Gasteiger partial charge in [-0.15, -0.1) is 0 Å². The molecule has 0 aliphatic rings. The van der Waals surface area contributed by atoms with Gasteiger partial charge in [-0.2, -0.15) is 5.10 Å². The second-order valence-electron chi connectivity index (χ2n) is 4.51. The Kier molecular flexibility index (Phi) is 5.29. The summed E-state index contributed by atoms with van der Waals surface area (Å²) in [6, 6.07) is 15.8. The summed E-state index contributed by atoms with van der Waals surface area (Å²) in [6.07, 6.45) is 1.99. The third-order valence-electron chi connectivity index (χ3n) is 2.74. The SMILES string of the molecule is Cc1ccc(CC(=O)N/N=C/c2cccc(I)c2)cc1. The summed E-state index contributed by atoms with van der Waals surface area (Å²) in [7, 11) is 0. The molecule has 0 aromatic heterocycles. The predicted octanol–water partition coefficient (Wildman–Crippen LogP) is 3.29. The number of rotatable bonds is 4. The van der Waals surface area contributed by atoms with Gasteiger partial charge in [-0.05, 0) is 52.8 Å². The average Bonchev–Trinajstić information content (AvgIpc) is 2.41. The van der Waals surface area contributed by atoms with E-state index in [4.69, 9.17) is 0 Å². The largest absolute Gasteiger partial charge is 0.273 e. The maximum atomic E-state index is 11.7. The van der Waals surface area contributed by atoms with Gasteiger partial charge in [0.25, 0.3) is 0 Å². The van der Waals surface area contributed by atoms with Crippen molar-refractivity contribution in [3.05, 3.63) is 68.8 Å². The quantitative estimate of drug-likeness (QED) is 0.495. The molecule has 0 bridgehead atoms. The van der Waals surface area contributed by atoms with Crippen LogP contribution in [0.4, 0.5) is 0 Å². The zero-order valence-corrected chi connectivity index (χ0v) is 13.3. The molecule has 0 atom stereocenters. The van der Waals surface area contributed by atoms with Gasteiger partial charge in [-0.25, -0.2) is 5.43 Å². The molecule has 20 heavy (non-hydrogen) atoms. The molecular weight excluding hydrogens is 363 g/mol. The molecule has 102 valence electrons. The number of aryl methyl sites for hydroxylation is 1. The van der Waals surface area contributed by atoms with Crippen LogP contribution in [0, 0.1) is 10.5 Å². The second kappa shape index (κ2) is 7.19. The summed E-state index contributed by atoms with van der Waals surface area (Å²) >= 11 is 2.24. The highest BCUT2D eigenvalue weighted by molar-refractivity contribution is 14.1. The molecule has 4 heteroatoms. The summed E-state index contributed by atoms with van der Waals surface area (Å²) in [5.74, 6) is -0.115. The van der Waals surface area contributed by atoms with Crippen LogP contribution in [0.15, 0.2) is 53.6 Å². The minimum absolute atomic E-state index is 0.115. The first-order valence-electron chi connectivity index (χ1n) is 6.26. The highest BCUT2D eigenvalue weighted by Gasteiger charge is 2.01. The van der Waals surface area contributed by atoms with Gasteiger partial charge >= 0.3 is 0 Å². The Morgan fingerprint density at radius 3 is 2.70 bits per heavy atom. The van der Waals surface area contributed by atoms with Crippen molar-refractivity contribution in [2.45, 2.75) is 13.3 Å². The molecule has 0 saturated heterocycles. The molecule has 1 amide bonds. The van der Waals surface area contributed by atoms with Crippen molar-refractivity contribution < 1.29 is 4.79 Å². The van der Waals surface area contributed by atoms with Gasteiger partial charge in [0, 0.05) is 3.57 Å². The van der Waals surface area contributed by atoms with Gasteiger partial charge in [0.05, 0.1) is 12.6 Å². The maximum Gasteiger partial charge on any atom is 0.244 e. The van der Waals surface area contributed by atoms with Gasteiger partial charge in [0.15, 0.2) is 0 Å². The summed E-state index contributed by atoms with van der Waals surface area (Å²) in [5.41, 5.74) is 5.68. The smallest absolute Gasteiger partial charge is 0.244 e. The van der Waals surface area contributed by atoms with Gasteiger partial charge < -0.3 is 0 Å². The Labute approximate surface area is 132 Å². The Morgan fingerprint density at radius 2 is 2.00 bits per heavy atom. The lowest BCUT2D eigenvalue weighted by atomic mass is 10.1. The normalized spacial score (nSPS) is 10.7. The van der Waals surface area contributed by atoms with E-state index < -0.39 is 0 Å². The van der Waals surface area contributed by atoms with Gasteiger partial charge in [-0.3, -0.25) is 4.79 Å². The number of halogens is 1. The Bertz CT molecular complexity index is 621. The number of carbonyl (C=O) groups excluding carboxylic acids is 1. The first kappa shape index (κ1) is 14.7. The summed E-state index contributed by atoms with van der Waals surface area (Å²) in [6.45, 7) is 2.02. The third-order valence-corrected chi connectivity index (χ3v) is 3.41. The van der Waals surface area contributed by atoms with Crippen molar-refractivity contribution >= 4 is 34.7 Å². The highest BCUT2D eigenvalue weighted by Crippen LogP contribution is 2.06. The number of nitrogens with zero attached hydrogens (tertiary/aromatic N) is 1.